The van der Waals surface area contributed by atoms with Crippen molar-refractivity contribution in [3.63, 3.8) is 0 Å². The maximum Gasteiger partial charge on any atom is 0.119 e. The van der Waals surface area contributed by atoms with Gasteiger partial charge in [-0.05, 0) is 37.0 Å². The van der Waals surface area contributed by atoms with Gasteiger partial charge in [0.05, 0.1) is 0 Å². The van der Waals surface area contributed by atoms with E-state index in [9.17, 15) is 5.11 Å². The molecule has 1 aliphatic rings. The molecule has 0 aliphatic heterocycles. The monoisotopic (exact) mass is 178 g/mol. The SMILES string of the molecule is Nc1ccc(O)c2c1[C@H](N)CCC2. The Morgan fingerprint density at radius 2 is 2.15 bits per heavy atom. The Morgan fingerprint density at radius 1 is 1.38 bits per heavy atom. The molecule has 0 heterocycles. The van der Waals surface area contributed by atoms with E-state index in [1.165, 1.54) is 0 Å². The summed E-state index contributed by atoms with van der Waals surface area (Å²) in [7, 11) is 0. The number of phenols is 1. The second-order valence-electron chi connectivity index (χ2n) is 3.56. The van der Waals surface area contributed by atoms with Crippen molar-refractivity contribution in [3.05, 3.63) is 23.3 Å². The molecule has 0 fully saturated rings. The Bertz CT molecular complexity index is 336. The lowest BCUT2D eigenvalue weighted by Crippen LogP contribution is -2.19. The fourth-order valence-electron chi connectivity index (χ4n) is 2.01. The number of hydrogen-bond acceptors (Lipinski definition) is 3. The van der Waals surface area contributed by atoms with Gasteiger partial charge in [-0.3, -0.25) is 0 Å². The van der Waals surface area contributed by atoms with Crippen molar-refractivity contribution >= 4 is 5.69 Å². The van der Waals surface area contributed by atoms with Gasteiger partial charge in [0, 0.05) is 17.3 Å². The zero-order valence-electron chi connectivity index (χ0n) is 7.46. The van der Waals surface area contributed by atoms with E-state index in [-0.39, 0.29) is 6.04 Å². The summed E-state index contributed by atoms with van der Waals surface area (Å²) in [5.41, 5.74) is 14.3. The quantitative estimate of drug-likeness (QED) is 0.414. The van der Waals surface area contributed by atoms with Crippen LogP contribution in [0.25, 0.3) is 0 Å². The lowest BCUT2D eigenvalue weighted by molar-refractivity contribution is 0.455. The van der Waals surface area contributed by atoms with Gasteiger partial charge in [-0.1, -0.05) is 0 Å². The number of aromatic hydroxyl groups is 1. The van der Waals surface area contributed by atoms with Crippen molar-refractivity contribution in [1.29, 1.82) is 0 Å². The summed E-state index contributed by atoms with van der Waals surface area (Å²) in [4.78, 5) is 0. The van der Waals surface area contributed by atoms with Crippen LogP contribution < -0.4 is 11.5 Å². The van der Waals surface area contributed by atoms with Crippen LogP contribution in [0.2, 0.25) is 0 Å². The molecule has 3 heteroatoms. The summed E-state index contributed by atoms with van der Waals surface area (Å²) in [5.74, 6) is 0.333. The zero-order chi connectivity index (χ0) is 9.42. The van der Waals surface area contributed by atoms with Crippen LogP contribution in [-0.4, -0.2) is 5.11 Å². The van der Waals surface area contributed by atoms with Crippen LogP contribution in [0.5, 0.6) is 5.75 Å². The largest absolute Gasteiger partial charge is 0.508 e. The van der Waals surface area contributed by atoms with Crippen molar-refractivity contribution in [2.45, 2.75) is 25.3 Å². The van der Waals surface area contributed by atoms with Gasteiger partial charge in [0.25, 0.3) is 0 Å². The number of benzene rings is 1. The Balaban J connectivity index is 2.60. The highest BCUT2D eigenvalue weighted by molar-refractivity contribution is 5.58. The average Bonchev–Trinajstić information content (AvgIpc) is 2.12. The molecule has 0 radical (unpaired) electrons. The lowest BCUT2D eigenvalue weighted by Gasteiger charge is -2.24. The third kappa shape index (κ3) is 1.25. The normalized spacial score (nSPS) is 21.2. The number of nitrogens with two attached hydrogens (primary N) is 2. The first-order valence-electron chi connectivity index (χ1n) is 4.56. The number of hydrogen-bond donors (Lipinski definition) is 3. The van der Waals surface area contributed by atoms with Gasteiger partial charge >= 0.3 is 0 Å². The summed E-state index contributed by atoms with van der Waals surface area (Å²) >= 11 is 0. The number of phenolic OH excluding ortho intramolecular Hbond substituents is 1. The molecule has 1 aromatic rings. The van der Waals surface area contributed by atoms with Gasteiger partial charge in [0.2, 0.25) is 0 Å². The number of fused-ring (bicyclic) bond motifs is 1. The van der Waals surface area contributed by atoms with Crippen LogP contribution in [0.3, 0.4) is 0 Å². The molecule has 0 saturated heterocycles. The van der Waals surface area contributed by atoms with Crippen LogP contribution in [0.4, 0.5) is 5.69 Å². The number of rotatable bonds is 0. The maximum atomic E-state index is 9.59. The van der Waals surface area contributed by atoms with Crippen LogP contribution in [0, 0.1) is 0 Å². The van der Waals surface area contributed by atoms with E-state index in [0.717, 1.165) is 30.4 Å². The minimum Gasteiger partial charge on any atom is -0.508 e. The van der Waals surface area contributed by atoms with E-state index in [0.29, 0.717) is 11.4 Å². The maximum absolute atomic E-state index is 9.59. The molecule has 3 nitrogen and oxygen atoms in total. The molecule has 13 heavy (non-hydrogen) atoms. The van der Waals surface area contributed by atoms with Gasteiger partial charge in [-0.2, -0.15) is 0 Å². The first-order valence-corrected chi connectivity index (χ1v) is 4.56. The predicted molar refractivity (Wildman–Crippen MR) is 52.4 cm³/mol. The Hall–Kier alpha value is -1.22. The summed E-state index contributed by atoms with van der Waals surface area (Å²) in [5, 5.41) is 9.59. The number of nitrogen functional groups attached to an aromatic ring is 1. The molecule has 0 amide bonds. The molecule has 0 bridgehead atoms. The van der Waals surface area contributed by atoms with E-state index >= 15 is 0 Å². The average molecular weight is 178 g/mol. The van der Waals surface area contributed by atoms with Crippen molar-refractivity contribution in [3.8, 4) is 5.75 Å². The molecule has 1 aromatic carbocycles. The van der Waals surface area contributed by atoms with E-state index < -0.39 is 0 Å². The molecule has 0 saturated carbocycles. The van der Waals surface area contributed by atoms with Crippen LogP contribution >= 0.6 is 0 Å². The van der Waals surface area contributed by atoms with Gasteiger partial charge in [-0.15, -0.1) is 0 Å². The molecule has 1 atom stereocenters. The Kier molecular flexibility index (Phi) is 1.88. The molecule has 2 rings (SSSR count). The minimum absolute atomic E-state index is 0.00384. The number of anilines is 1. The van der Waals surface area contributed by atoms with Crippen molar-refractivity contribution in [2.24, 2.45) is 5.73 Å². The highest BCUT2D eigenvalue weighted by Crippen LogP contribution is 2.37. The van der Waals surface area contributed by atoms with E-state index in [2.05, 4.69) is 0 Å². The fourth-order valence-corrected chi connectivity index (χ4v) is 2.01. The third-order valence-corrected chi connectivity index (χ3v) is 2.68. The lowest BCUT2D eigenvalue weighted by atomic mass is 9.86. The van der Waals surface area contributed by atoms with Crippen molar-refractivity contribution in [2.75, 3.05) is 5.73 Å². The standard InChI is InChI=1S/C10H14N2O/c11-7-3-1-2-6-9(13)5-4-8(12)10(6)7/h4-5,7,13H,1-3,11-12H2/t7-/m1/s1. The zero-order valence-corrected chi connectivity index (χ0v) is 7.46. The van der Waals surface area contributed by atoms with Crippen molar-refractivity contribution in [1.82, 2.24) is 0 Å². The highest BCUT2D eigenvalue weighted by Gasteiger charge is 2.21. The third-order valence-electron chi connectivity index (χ3n) is 2.68. The van der Waals surface area contributed by atoms with Gasteiger partial charge in [0.15, 0.2) is 0 Å². The minimum atomic E-state index is -0.00384. The molecule has 70 valence electrons. The summed E-state index contributed by atoms with van der Waals surface area (Å²) in [6, 6.07) is 3.36. The van der Waals surface area contributed by atoms with Crippen LogP contribution in [-0.2, 0) is 6.42 Å². The first-order chi connectivity index (χ1) is 6.20. The molecule has 0 unspecified atom stereocenters. The molecule has 5 N–H and O–H groups in total. The van der Waals surface area contributed by atoms with Crippen molar-refractivity contribution < 1.29 is 5.11 Å². The summed E-state index contributed by atoms with van der Waals surface area (Å²) in [6.07, 6.45) is 2.88. The van der Waals surface area contributed by atoms with Gasteiger partial charge < -0.3 is 16.6 Å². The topological polar surface area (TPSA) is 72.3 Å². The predicted octanol–water partition coefficient (Wildman–Crippen LogP) is 1.31. The smallest absolute Gasteiger partial charge is 0.119 e. The fraction of sp³-hybridized carbons (Fsp3) is 0.400. The van der Waals surface area contributed by atoms with Crippen LogP contribution in [0.1, 0.15) is 30.0 Å². The second kappa shape index (κ2) is 2.92. The molecule has 0 spiro atoms. The summed E-state index contributed by atoms with van der Waals surface area (Å²) < 4.78 is 0. The van der Waals surface area contributed by atoms with E-state index in [1.807, 2.05) is 0 Å². The van der Waals surface area contributed by atoms with Gasteiger partial charge in [0.1, 0.15) is 5.75 Å². The Morgan fingerprint density at radius 3 is 2.85 bits per heavy atom. The van der Waals surface area contributed by atoms with Gasteiger partial charge in [-0.25, -0.2) is 0 Å². The highest BCUT2D eigenvalue weighted by atomic mass is 16.3. The summed E-state index contributed by atoms with van der Waals surface area (Å²) in [6.45, 7) is 0. The first kappa shape index (κ1) is 8.38. The molecular weight excluding hydrogens is 164 g/mol. The van der Waals surface area contributed by atoms with E-state index in [1.54, 1.807) is 12.1 Å². The van der Waals surface area contributed by atoms with E-state index in [4.69, 9.17) is 11.5 Å². The molecule has 0 aromatic heterocycles. The van der Waals surface area contributed by atoms with Crippen LogP contribution in [0.15, 0.2) is 12.1 Å². The Labute approximate surface area is 77.4 Å². The second-order valence-corrected chi connectivity index (χ2v) is 3.56. The molecule has 1 aliphatic carbocycles. The molecular formula is C10H14N2O.